The summed E-state index contributed by atoms with van der Waals surface area (Å²) >= 11 is 0. The molecular weight excluding hydrogens is 274 g/mol. The number of hydrogen-bond donors (Lipinski definition) is 2. The normalized spacial score (nSPS) is 11.1. The average molecular weight is 299 g/mol. The van der Waals surface area contributed by atoms with Crippen LogP contribution in [0.25, 0.3) is 11.3 Å². The summed E-state index contributed by atoms with van der Waals surface area (Å²) < 4.78 is 0. The van der Waals surface area contributed by atoms with Crippen LogP contribution in [0.2, 0.25) is 0 Å². The largest absolute Gasteiger partial charge is 0.312 e. The van der Waals surface area contributed by atoms with Crippen LogP contribution in [0.3, 0.4) is 0 Å². The van der Waals surface area contributed by atoms with E-state index in [1.54, 1.807) is 0 Å². The first-order valence-electron chi connectivity index (χ1n) is 8.01. The highest BCUT2D eigenvalue weighted by atomic mass is 16.1. The van der Waals surface area contributed by atoms with E-state index in [2.05, 4.69) is 60.6 Å². The standard InChI is InChI=1S/C18H25N3O/c1-4-5-10-19-12-16-11-17(20-21-18(16)22)15-8-6-14(7-9-15)13(2)3/h6-9,11,13,19H,4-5,10,12H2,1-3H3,(H,21,22). The van der Waals surface area contributed by atoms with E-state index < -0.39 is 0 Å². The molecule has 1 aromatic carbocycles. The second kappa shape index (κ2) is 7.90. The van der Waals surface area contributed by atoms with Gasteiger partial charge >= 0.3 is 0 Å². The molecule has 0 aliphatic rings. The number of unbranched alkanes of at least 4 members (excludes halogenated alkanes) is 1. The molecule has 0 spiro atoms. The quantitative estimate of drug-likeness (QED) is 0.770. The van der Waals surface area contributed by atoms with Gasteiger partial charge in [-0.1, -0.05) is 51.5 Å². The van der Waals surface area contributed by atoms with Crippen molar-refractivity contribution in [2.75, 3.05) is 6.54 Å². The second-order valence-electron chi connectivity index (χ2n) is 5.91. The maximum absolute atomic E-state index is 11.9. The van der Waals surface area contributed by atoms with Gasteiger partial charge in [0.15, 0.2) is 0 Å². The lowest BCUT2D eigenvalue weighted by Crippen LogP contribution is -2.22. The number of aromatic nitrogens is 2. The third-order valence-corrected chi connectivity index (χ3v) is 3.78. The first kappa shape index (κ1) is 16.4. The third kappa shape index (κ3) is 4.28. The van der Waals surface area contributed by atoms with Gasteiger partial charge in [-0.3, -0.25) is 4.79 Å². The number of aromatic amines is 1. The van der Waals surface area contributed by atoms with Crippen LogP contribution in [0, 0.1) is 0 Å². The Hall–Kier alpha value is -1.94. The summed E-state index contributed by atoms with van der Waals surface area (Å²) in [5.74, 6) is 0.510. The fraction of sp³-hybridized carbons (Fsp3) is 0.444. The summed E-state index contributed by atoms with van der Waals surface area (Å²) in [6.07, 6.45) is 2.26. The molecule has 0 saturated carbocycles. The number of H-pyrrole nitrogens is 1. The molecule has 1 aromatic heterocycles. The van der Waals surface area contributed by atoms with E-state index in [-0.39, 0.29) is 5.56 Å². The Labute approximate surface area is 132 Å². The molecule has 1 heterocycles. The molecule has 2 N–H and O–H groups in total. The van der Waals surface area contributed by atoms with Gasteiger partial charge in [0, 0.05) is 17.7 Å². The molecule has 0 aliphatic carbocycles. The van der Waals surface area contributed by atoms with Gasteiger partial charge in [-0.15, -0.1) is 0 Å². The predicted octanol–water partition coefficient (Wildman–Crippen LogP) is 3.45. The van der Waals surface area contributed by atoms with Crippen LogP contribution in [0.1, 0.15) is 50.7 Å². The molecule has 0 fully saturated rings. The van der Waals surface area contributed by atoms with Crippen LogP contribution in [-0.4, -0.2) is 16.7 Å². The molecule has 0 atom stereocenters. The molecule has 118 valence electrons. The van der Waals surface area contributed by atoms with E-state index in [0.29, 0.717) is 12.5 Å². The van der Waals surface area contributed by atoms with Crippen molar-refractivity contribution in [3.05, 3.63) is 51.8 Å². The molecule has 0 bridgehead atoms. The summed E-state index contributed by atoms with van der Waals surface area (Å²) in [7, 11) is 0. The van der Waals surface area contributed by atoms with Gasteiger partial charge in [-0.25, -0.2) is 5.10 Å². The van der Waals surface area contributed by atoms with E-state index >= 15 is 0 Å². The van der Waals surface area contributed by atoms with Crippen molar-refractivity contribution >= 4 is 0 Å². The van der Waals surface area contributed by atoms with Crippen LogP contribution in [0.5, 0.6) is 0 Å². The Morgan fingerprint density at radius 1 is 1.23 bits per heavy atom. The molecule has 22 heavy (non-hydrogen) atoms. The lowest BCUT2D eigenvalue weighted by atomic mass is 10.0. The van der Waals surface area contributed by atoms with Crippen molar-refractivity contribution in [1.29, 1.82) is 0 Å². The van der Waals surface area contributed by atoms with Gasteiger partial charge in [0.05, 0.1) is 5.69 Å². The Bertz CT molecular complexity index is 644. The number of hydrogen-bond acceptors (Lipinski definition) is 3. The number of nitrogens with one attached hydrogen (secondary N) is 2. The first-order chi connectivity index (χ1) is 10.6. The van der Waals surface area contributed by atoms with Gasteiger partial charge in [0.2, 0.25) is 0 Å². The minimum absolute atomic E-state index is 0.119. The van der Waals surface area contributed by atoms with Crippen LogP contribution >= 0.6 is 0 Å². The van der Waals surface area contributed by atoms with E-state index in [1.807, 2.05) is 6.07 Å². The average Bonchev–Trinajstić information content (AvgIpc) is 2.53. The number of benzene rings is 1. The first-order valence-corrected chi connectivity index (χ1v) is 8.01. The molecule has 0 amide bonds. The predicted molar refractivity (Wildman–Crippen MR) is 91.0 cm³/mol. The summed E-state index contributed by atoms with van der Waals surface area (Å²) in [6, 6.07) is 10.2. The molecule has 0 aliphatic heterocycles. The van der Waals surface area contributed by atoms with Crippen molar-refractivity contribution in [1.82, 2.24) is 15.5 Å². The van der Waals surface area contributed by atoms with Gasteiger partial charge in [0.25, 0.3) is 5.56 Å². The molecular formula is C18H25N3O. The zero-order chi connectivity index (χ0) is 15.9. The SMILES string of the molecule is CCCCNCc1cc(-c2ccc(C(C)C)cc2)n[nH]c1=O. The molecule has 0 unspecified atom stereocenters. The summed E-state index contributed by atoms with van der Waals surface area (Å²) in [4.78, 5) is 11.9. The molecule has 4 heteroatoms. The minimum atomic E-state index is -0.119. The summed E-state index contributed by atoms with van der Waals surface area (Å²) in [5, 5.41) is 10.1. The number of rotatable bonds is 7. The Morgan fingerprint density at radius 2 is 1.95 bits per heavy atom. The van der Waals surface area contributed by atoms with Crippen LogP contribution < -0.4 is 10.9 Å². The zero-order valence-corrected chi connectivity index (χ0v) is 13.6. The van der Waals surface area contributed by atoms with Gasteiger partial charge in [-0.2, -0.15) is 5.10 Å². The minimum Gasteiger partial charge on any atom is -0.312 e. The maximum Gasteiger partial charge on any atom is 0.268 e. The van der Waals surface area contributed by atoms with E-state index in [1.165, 1.54) is 5.56 Å². The van der Waals surface area contributed by atoms with Crippen molar-refractivity contribution in [2.24, 2.45) is 0 Å². The highest BCUT2D eigenvalue weighted by Crippen LogP contribution is 2.20. The van der Waals surface area contributed by atoms with E-state index in [4.69, 9.17) is 0 Å². The van der Waals surface area contributed by atoms with Crippen LogP contribution in [0.4, 0.5) is 0 Å². The highest BCUT2D eigenvalue weighted by Gasteiger charge is 2.06. The molecule has 2 aromatic rings. The van der Waals surface area contributed by atoms with Crippen molar-refractivity contribution in [2.45, 2.75) is 46.1 Å². The third-order valence-electron chi connectivity index (χ3n) is 3.78. The molecule has 0 radical (unpaired) electrons. The van der Waals surface area contributed by atoms with Crippen molar-refractivity contribution in [3.8, 4) is 11.3 Å². The van der Waals surface area contributed by atoms with Crippen LogP contribution in [0.15, 0.2) is 35.1 Å². The van der Waals surface area contributed by atoms with Crippen molar-refractivity contribution in [3.63, 3.8) is 0 Å². The molecule has 2 rings (SSSR count). The molecule has 0 saturated heterocycles. The Balaban J connectivity index is 2.16. The van der Waals surface area contributed by atoms with Crippen LogP contribution in [-0.2, 0) is 6.54 Å². The second-order valence-corrected chi connectivity index (χ2v) is 5.91. The lowest BCUT2D eigenvalue weighted by molar-refractivity contribution is 0.636. The topological polar surface area (TPSA) is 57.8 Å². The zero-order valence-electron chi connectivity index (χ0n) is 13.6. The lowest BCUT2D eigenvalue weighted by Gasteiger charge is -2.08. The van der Waals surface area contributed by atoms with Gasteiger partial charge < -0.3 is 5.32 Å². The fourth-order valence-electron chi connectivity index (χ4n) is 2.29. The van der Waals surface area contributed by atoms with E-state index in [0.717, 1.165) is 36.2 Å². The fourth-order valence-corrected chi connectivity index (χ4v) is 2.29. The number of nitrogens with zero attached hydrogens (tertiary/aromatic N) is 1. The highest BCUT2D eigenvalue weighted by molar-refractivity contribution is 5.59. The van der Waals surface area contributed by atoms with Crippen molar-refractivity contribution < 1.29 is 0 Å². The van der Waals surface area contributed by atoms with Gasteiger partial charge in [-0.05, 0) is 30.5 Å². The molecule has 4 nitrogen and oxygen atoms in total. The smallest absolute Gasteiger partial charge is 0.268 e. The maximum atomic E-state index is 11.9. The Morgan fingerprint density at radius 3 is 2.59 bits per heavy atom. The Kier molecular flexibility index (Phi) is 5.90. The monoisotopic (exact) mass is 299 g/mol. The van der Waals surface area contributed by atoms with E-state index in [9.17, 15) is 4.79 Å². The summed E-state index contributed by atoms with van der Waals surface area (Å²) in [5.41, 5.74) is 3.74. The van der Waals surface area contributed by atoms with Gasteiger partial charge in [0.1, 0.15) is 0 Å². The summed E-state index contributed by atoms with van der Waals surface area (Å²) in [6.45, 7) is 8.01.